The van der Waals surface area contributed by atoms with Crippen molar-refractivity contribution in [3.05, 3.63) is 63.1 Å². The molecule has 0 bridgehead atoms. The summed E-state index contributed by atoms with van der Waals surface area (Å²) in [6, 6.07) is 13.5. The predicted octanol–water partition coefficient (Wildman–Crippen LogP) is 4.43. The first-order chi connectivity index (χ1) is 9.65. The highest BCUT2D eigenvalue weighted by Crippen LogP contribution is 2.31. The van der Waals surface area contributed by atoms with Crippen molar-refractivity contribution in [1.29, 1.82) is 0 Å². The van der Waals surface area contributed by atoms with Crippen molar-refractivity contribution in [2.24, 2.45) is 0 Å². The molecule has 1 unspecified atom stereocenters. The second-order valence-corrected chi connectivity index (χ2v) is 5.82. The summed E-state index contributed by atoms with van der Waals surface area (Å²) < 4.78 is 6.25. The third-order valence-corrected chi connectivity index (χ3v) is 4.40. The van der Waals surface area contributed by atoms with Crippen LogP contribution in [0, 0.1) is 0 Å². The first-order valence-corrected chi connectivity index (χ1v) is 7.50. The van der Waals surface area contributed by atoms with Gasteiger partial charge in [0.15, 0.2) is 0 Å². The zero-order valence-corrected chi connectivity index (χ0v) is 13.5. The quantitative estimate of drug-likeness (QED) is 0.860. The van der Waals surface area contributed by atoms with Crippen LogP contribution in [0.5, 0.6) is 5.75 Å². The number of benzene rings is 2. The molecule has 20 heavy (non-hydrogen) atoms. The Hall–Kier alpha value is -1.03. The maximum absolute atomic E-state index is 9.68. The van der Waals surface area contributed by atoms with Gasteiger partial charge < -0.3 is 9.84 Å². The molecule has 2 aromatic carbocycles. The highest BCUT2D eigenvalue weighted by Gasteiger charge is 2.16. The van der Waals surface area contributed by atoms with E-state index in [1.54, 1.807) is 7.11 Å². The number of ether oxygens (including phenoxy) is 1. The second kappa shape index (κ2) is 7.11. The van der Waals surface area contributed by atoms with Crippen molar-refractivity contribution in [1.82, 2.24) is 0 Å². The Labute approximate surface area is 132 Å². The first-order valence-electron chi connectivity index (χ1n) is 6.33. The Bertz CT molecular complexity index is 586. The van der Waals surface area contributed by atoms with Gasteiger partial charge in [-0.3, -0.25) is 0 Å². The number of aliphatic hydroxyl groups excluding tert-OH is 1. The van der Waals surface area contributed by atoms with Crippen LogP contribution in [-0.2, 0) is 6.42 Å². The minimum absolute atomic E-state index is 0.0351. The number of halogens is 2. The maximum Gasteiger partial charge on any atom is 0.119 e. The van der Waals surface area contributed by atoms with Crippen LogP contribution in [0.1, 0.15) is 17.0 Å². The molecule has 106 valence electrons. The Morgan fingerprint density at radius 1 is 1.25 bits per heavy atom. The molecule has 0 saturated carbocycles. The van der Waals surface area contributed by atoms with Crippen molar-refractivity contribution in [3.8, 4) is 5.75 Å². The fraction of sp³-hybridized carbons (Fsp3) is 0.250. The Kier molecular flexibility index (Phi) is 5.46. The Morgan fingerprint density at radius 3 is 2.65 bits per heavy atom. The van der Waals surface area contributed by atoms with Gasteiger partial charge in [0.2, 0.25) is 0 Å². The lowest BCUT2D eigenvalue weighted by Crippen LogP contribution is -2.09. The van der Waals surface area contributed by atoms with Crippen LogP contribution in [0.2, 0.25) is 5.02 Å². The molecule has 0 spiro atoms. The highest BCUT2D eigenvalue weighted by atomic mass is 79.9. The van der Waals surface area contributed by atoms with Gasteiger partial charge in [0.1, 0.15) is 5.75 Å². The second-order valence-electron chi connectivity index (χ2n) is 4.56. The molecule has 0 amide bonds. The van der Waals surface area contributed by atoms with Gasteiger partial charge in [0, 0.05) is 15.4 Å². The van der Waals surface area contributed by atoms with Crippen LogP contribution in [0.25, 0.3) is 0 Å². The van der Waals surface area contributed by atoms with Crippen LogP contribution in [0.15, 0.2) is 46.9 Å². The molecule has 0 fully saturated rings. The van der Waals surface area contributed by atoms with E-state index >= 15 is 0 Å². The van der Waals surface area contributed by atoms with Gasteiger partial charge in [-0.05, 0) is 41.8 Å². The summed E-state index contributed by atoms with van der Waals surface area (Å²) in [5.41, 5.74) is 2.05. The Morgan fingerprint density at radius 2 is 2.00 bits per heavy atom. The number of hydrogen-bond donors (Lipinski definition) is 1. The molecule has 0 aliphatic rings. The molecule has 0 aliphatic carbocycles. The first kappa shape index (κ1) is 15.4. The summed E-state index contributed by atoms with van der Waals surface area (Å²) in [6.07, 6.45) is 0.692. The lowest BCUT2D eigenvalue weighted by atomic mass is 9.92. The van der Waals surface area contributed by atoms with Crippen molar-refractivity contribution in [3.63, 3.8) is 0 Å². The maximum atomic E-state index is 9.68. The molecule has 4 heteroatoms. The molecule has 2 rings (SSSR count). The van der Waals surface area contributed by atoms with E-state index in [1.807, 2.05) is 42.5 Å². The van der Waals surface area contributed by atoms with E-state index in [9.17, 15) is 5.11 Å². The summed E-state index contributed by atoms with van der Waals surface area (Å²) >= 11 is 9.75. The summed E-state index contributed by atoms with van der Waals surface area (Å²) in [5.74, 6) is 0.770. The third kappa shape index (κ3) is 3.54. The zero-order chi connectivity index (χ0) is 14.5. The zero-order valence-electron chi connectivity index (χ0n) is 11.1. The molecule has 0 aliphatic heterocycles. The van der Waals surface area contributed by atoms with E-state index in [0.717, 1.165) is 21.3 Å². The fourth-order valence-corrected chi connectivity index (χ4v) is 2.88. The summed E-state index contributed by atoms with van der Waals surface area (Å²) in [5, 5.41) is 10.4. The molecule has 1 N–H and O–H groups in total. The fourth-order valence-electron chi connectivity index (χ4n) is 2.18. The molecule has 0 heterocycles. The van der Waals surface area contributed by atoms with E-state index in [2.05, 4.69) is 15.9 Å². The molecular weight excluding hydrogens is 340 g/mol. The molecular formula is C16H16BrClO2. The van der Waals surface area contributed by atoms with E-state index in [-0.39, 0.29) is 12.5 Å². The van der Waals surface area contributed by atoms with Gasteiger partial charge in [-0.15, -0.1) is 0 Å². The average Bonchev–Trinajstić information content (AvgIpc) is 2.47. The summed E-state index contributed by atoms with van der Waals surface area (Å²) in [6.45, 7) is 0.0490. The Balaban J connectivity index is 2.29. The topological polar surface area (TPSA) is 29.5 Å². The SMILES string of the molecule is COc1ccc(Br)c(CC(CO)c2ccccc2Cl)c1. The van der Waals surface area contributed by atoms with Crippen LogP contribution in [-0.4, -0.2) is 18.8 Å². The van der Waals surface area contributed by atoms with Gasteiger partial charge in [0.25, 0.3) is 0 Å². The van der Waals surface area contributed by atoms with Gasteiger partial charge >= 0.3 is 0 Å². The molecule has 0 radical (unpaired) electrons. The summed E-state index contributed by atoms with van der Waals surface area (Å²) in [7, 11) is 1.64. The molecule has 2 aromatic rings. The van der Waals surface area contributed by atoms with Crippen LogP contribution in [0.3, 0.4) is 0 Å². The molecule has 2 nitrogen and oxygen atoms in total. The normalized spacial score (nSPS) is 12.2. The van der Waals surface area contributed by atoms with Gasteiger partial charge in [-0.25, -0.2) is 0 Å². The molecule has 1 atom stereocenters. The van der Waals surface area contributed by atoms with E-state index in [4.69, 9.17) is 16.3 Å². The standard InChI is InChI=1S/C16H16BrClO2/c1-20-13-6-7-15(17)11(9-13)8-12(10-19)14-4-2-3-5-16(14)18/h2-7,9,12,19H,8,10H2,1H3. The number of rotatable bonds is 5. The average molecular weight is 356 g/mol. The van der Waals surface area contributed by atoms with Crippen molar-refractivity contribution < 1.29 is 9.84 Å². The number of aliphatic hydroxyl groups is 1. The largest absolute Gasteiger partial charge is 0.497 e. The number of hydrogen-bond acceptors (Lipinski definition) is 2. The highest BCUT2D eigenvalue weighted by molar-refractivity contribution is 9.10. The van der Waals surface area contributed by atoms with E-state index in [0.29, 0.717) is 11.4 Å². The van der Waals surface area contributed by atoms with Crippen molar-refractivity contribution in [2.45, 2.75) is 12.3 Å². The predicted molar refractivity (Wildman–Crippen MR) is 85.7 cm³/mol. The smallest absolute Gasteiger partial charge is 0.119 e. The van der Waals surface area contributed by atoms with Crippen LogP contribution < -0.4 is 4.74 Å². The van der Waals surface area contributed by atoms with Crippen molar-refractivity contribution in [2.75, 3.05) is 13.7 Å². The van der Waals surface area contributed by atoms with E-state index < -0.39 is 0 Å². The van der Waals surface area contributed by atoms with Crippen LogP contribution >= 0.6 is 27.5 Å². The van der Waals surface area contributed by atoms with Gasteiger partial charge in [0.05, 0.1) is 13.7 Å². The lowest BCUT2D eigenvalue weighted by Gasteiger charge is -2.17. The van der Waals surface area contributed by atoms with Crippen LogP contribution in [0.4, 0.5) is 0 Å². The molecule has 0 aromatic heterocycles. The van der Waals surface area contributed by atoms with E-state index in [1.165, 1.54) is 0 Å². The van der Waals surface area contributed by atoms with Gasteiger partial charge in [-0.2, -0.15) is 0 Å². The van der Waals surface area contributed by atoms with Crippen molar-refractivity contribution >= 4 is 27.5 Å². The minimum Gasteiger partial charge on any atom is -0.497 e. The third-order valence-electron chi connectivity index (χ3n) is 3.28. The molecule has 0 saturated heterocycles. The number of methoxy groups -OCH3 is 1. The lowest BCUT2D eigenvalue weighted by molar-refractivity contribution is 0.264. The van der Waals surface area contributed by atoms with Gasteiger partial charge in [-0.1, -0.05) is 45.7 Å². The minimum atomic E-state index is -0.0351. The monoisotopic (exact) mass is 354 g/mol. The summed E-state index contributed by atoms with van der Waals surface area (Å²) in [4.78, 5) is 0.